The third-order valence-electron chi connectivity index (χ3n) is 3.39. The molecule has 0 saturated carbocycles. The Kier molecular flexibility index (Phi) is 3.54. The molecule has 0 spiro atoms. The van der Waals surface area contributed by atoms with Crippen LogP contribution in [0, 0.1) is 0 Å². The monoisotopic (exact) mass is 312 g/mol. The summed E-state index contributed by atoms with van der Waals surface area (Å²) >= 11 is 0.397. The molecule has 1 atom stereocenters. The number of carbonyl (C=O) groups is 1. The van der Waals surface area contributed by atoms with Gasteiger partial charge in [-0.25, -0.2) is 4.98 Å². The van der Waals surface area contributed by atoms with E-state index in [1.54, 1.807) is 0 Å². The predicted octanol–water partition coefficient (Wildman–Crippen LogP) is 3.06. The van der Waals surface area contributed by atoms with Crippen LogP contribution in [0.1, 0.15) is 25.8 Å². The molecule has 0 saturated heterocycles. The van der Waals surface area contributed by atoms with Crippen LogP contribution in [0.5, 0.6) is 0 Å². The molecule has 3 nitrogen and oxygen atoms in total. The molecule has 1 aromatic heterocycles. The van der Waals surface area contributed by atoms with Crippen molar-refractivity contribution in [1.29, 1.82) is 0 Å². The number of thiazole rings is 1. The molecular formula is C14H11F3N2OS. The number of carbonyl (C=O) groups excluding carboxylic acids is 1. The van der Waals surface area contributed by atoms with Gasteiger partial charge in [0.15, 0.2) is 10.8 Å². The second kappa shape index (κ2) is 5.23. The number of Topliss-reactive ketones (excluding diaryl/α,β-unsaturated/α-hetero) is 1. The van der Waals surface area contributed by atoms with Gasteiger partial charge in [0, 0.05) is 12.7 Å². The molecule has 2 heterocycles. The van der Waals surface area contributed by atoms with Crippen LogP contribution in [0.2, 0.25) is 0 Å². The van der Waals surface area contributed by atoms with E-state index in [-0.39, 0.29) is 10.7 Å². The minimum atomic E-state index is -4.50. The maximum atomic E-state index is 12.5. The van der Waals surface area contributed by atoms with Crippen LogP contribution in [0.3, 0.4) is 0 Å². The van der Waals surface area contributed by atoms with Gasteiger partial charge < -0.3 is 5.32 Å². The number of fused-ring (bicyclic) bond motifs is 1. The number of nitrogens with zero attached hydrogens (tertiary/aromatic N) is 1. The summed E-state index contributed by atoms with van der Waals surface area (Å²) in [6, 6.07) is 7.21. The van der Waals surface area contributed by atoms with Crippen LogP contribution >= 0.6 is 11.3 Å². The first kappa shape index (κ1) is 14.2. The summed E-state index contributed by atoms with van der Waals surface area (Å²) in [5.74, 6) is -0.336. The Labute approximate surface area is 122 Å². The predicted molar refractivity (Wildman–Crippen MR) is 72.2 cm³/mol. The minimum absolute atomic E-state index is 0.0409. The normalized spacial score (nSPS) is 18.3. The molecule has 1 unspecified atom stereocenters. The van der Waals surface area contributed by atoms with Gasteiger partial charge >= 0.3 is 6.18 Å². The molecule has 0 fully saturated rings. The largest absolute Gasteiger partial charge is 0.443 e. The van der Waals surface area contributed by atoms with E-state index < -0.39 is 17.2 Å². The van der Waals surface area contributed by atoms with Crippen LogP contribution in [-0.4, -0.2) is 16.8 Å². The van der Waals surface area contributed by atoms with Crippen LogP contribution < -0.4 is 5.32 Å². The minimum Gasteiger partial charge on any atom is -0.303 e. The summed E-state index contributed by atoms with van der Waals surface area (Å²) in [6.07, 6.45) is -3.01. The average molecular weight is 312 g/mol. The molecule has 1 N–H and O–H groups in total. The first-order valence-electron chi connectivity index (χ1n) is 6.32. The highest BCUT2D eigenvalue weighted by atomic mass is 32.1. The molecule has 1 aliphatic heterocycles. The lowest BCUT2D eigenvalue weighted by molar-refractivity contribution is -0.137. The molecule has 1 aliphatic rings. The van der Waals surface area contributed by atoms with E-state index in [2.05, 4.69) is 10.3 Å². The zero-order valence-corrected chi connectivity index (χ0v) is 11.6. The highest BCUT2D eigenvalue weighted by Crippen LogP contribution is 2.33. The Morgan fingerprint density at radius 3 is 2.67 bits per heavy atom. The summed E-state index contributed by atoms with van der Waals surface area (Å²) in [6.45, 7) is 0.539. The van der Waals surface area contributed by atoms with E-state index in [0.717, 1.165) is 17.3 Å². The maximum absolute atomic E-state index is 12.5. The first-order valence-corrected chi connectivity index (χ1v) is 7.14. The van der Waals surface area contributed by atoms with Gasteiger partial charge in [-0.05, 0) is 17.5 Å². The third kappa shape index (κ3) is 2.84. The molecule has 21 heavy (non-hydrogen) atoms. The third-order valence-corrected chi connectivity index (χ3v) is 4.45. The molecule has 0 radical (unpaired) electrons. The lowest BCUT2D eigenvalue weighted by atomic mass is 9.93. The molecule has 1 aromatic carbocycles. The van der Waals surface area contributed by atoms with E-state index in [0.29, 0.717) is 24.3 Å². The summed E-state index contributed by atoms with van der Waals surface area (Å²) in [5, 5.41) is 2.09. The quantitative estimate of drug-likeness (QED) is 0.867. The molecule has 110 valence electrons. The number of nitrogens with one attached hydrogen (secondary N) is 1. The fourth-order valence-electron chi connectivity index (χ4n) is 2.33. The standard InChI is InChI=1S/C14H11F3N2OS/c15-14(16,17)13-19-7-11(21-13)12(20)10-5-8-3-1-2-4-9(8)6-18-10/h1-4,7,10,18H,5-6H2. The highest BCUT2D eigenvalue weighted by molar-refractivity contribution is 7.13. The van der Waals surface area contributed by atoms with Crippen molar-refractivity contribution >= 4 is 17.1 Å². The van der Waals surface area contributed by atoms with Gasteiger partial charge in [-0.3, -0.25) is 4.79 Å². The zero-order valence-electron chi connectivity index (χ0n) is 10.8. The number of aromatic nitrogens is 1. The van der Waals surface area contributed by atoms with Gasteiger partial charge in [0.1, 0.15) is 0 Å². The molecular weight excluding hydrogens is 301 g/mol. The Hall–Kier alpha value is -1.73. The second-order valence-electron chi connectivity index (χ2n) is 4.80. The van der Waals surface area contributed by atoms with E-state index >= 15 is 0 Å². The molecule has 3 rings (SSSR count). The van der Waals surface area contributed by atoms with Crippen molar-refractivity contribution in [2.45, 2.75) is 25.2 Å². The van der Waals surface area contributed by atoms with Crippen molar-refractivity contribution in [3.05, 3.63) is 51.5 Å². The molecule has 0 bridgehead atoms. The van der Waals surface area contributed by atoms with E-state index in [1.165, 1.54) is 0 Å². The maximum Gasteiger partial charge on any atom is 0.443 e. The summed E-state index contributed by atoms with van der Waals surface area (Å²) < 4.78 is 37.6. The summed E-state index contributed by atoms with van der Waals surface area (Å²) in [4.78, 5) is 15.6. The van der Waals surface area contributed by atoms with Gasteiger partial charge in [0.2, 0.25) is 0 Å². The van der Waals surface area contributed by atoms with Gasteiger partial charge in [0.05, 0.1) is 10.9 Å². The van der Waals surface area contributed by atoms with Crippen molar-refractivity contribution < 1.29 is 18.0 Å². The van der Waals surface area contributed by atoms with Crippen molar-refractivity contribution in [2.75, 3.05) is 0 Å². The second-order valence-corrected chi connectivity index (χ2v) is 5.83. The van der Waals surface area contributed by atoms with E-state index in [1.807, 2.05) is 24.3 Å². The van der Waals surface area contributed by atoms with Gasteiger partial charge in [-0.15, -0.1) is 11.3 Å². The fraction of sp³-hybridized carbons (Fsp3) is 0.286. The Morgan fingerprint density at radius 1 is 1.29 bits per heavy atom. The number of benzene rings is 1. The van der Waals surface area contributed by atoms with Gasteiger partial charge in [-0.2, -0.15) is 13.2 Å². The SMILES string of the molecule is O=C(c1cnc(C(F)(F)F)s1)C1Cc2ccccc2CN1. The topological polar surface area (TPSA) is 42.0 Å². The molecule has 2 aromatic rings. The Balaban J connectivity index is 1.79. The van der Waals surface area contributed by atoms with Crippen molar-refractivity contribution in [3.63, 3.8) is 0 Å². The number of alkyl halides is 3. The molecule has 0 aliphatic carbocycles. The van der Waals surface area contributed by atoms with E-state index in [9.17, 15) is 18.0 Å². The van der Waals surface area contributed by atoms with Gasteiger partial charge in [-0.1, -0.05) is 24.3 Å². The first-order chi connectivity index (χ1) is 9.95. The fourth-order valence-corrected chi connectivity index (χ4v) is 3.11. The Bertz CT molecular complexity index is 681. The number of ketones is 1. The summed E-state index contributed by atoms with van der Waals surface area (Å²) in [5.41, 5.74) is 2.16. The van der Waals surface area contributed by atoms with Crippen molar-refractivity contribution in [1.82, 2.24) is 10.3 Å². The van der Waals surface area contributed by atoms with Crippen molar-refractivity contribution in [3.8, 4) is 0 Å². The molecule has 7 heteroatoms. The number of halogens is 3. The lowest BCUT2D eigenvalue weighted by Gasteiger charge is -2.24. The van der Waals surface area contributed by atoms with E-state index in [4.69, 9.17) is 0 Å². The average Bonchev–Trinajstić information content (AvgIpc) is 2.96. The summed E-state index contributed by atoms with van der Waals surface area (Å²) in [7, 11) is 0. The van der Waals surface area contributed by atoms with Crippen LogP contribution in [0.15, 0.2) is 30.5 Å². The molecule has 0 amide bonds. The van der Waals surface area contributed by atoms with Crippen LogP contribution in [-0.2, 0) is 19.1 Å². The number of rotatable bonds is 2. The van der Waals surface area contributed by atoms with Gasteiger partial charge in [0.25, 0.3) is 0 Å². The van der Waals surface area contributed by atoms with Crippen molar-refractivity contribution in [2.24, 2.45) is 0 Å². The zero-order chi connectivity index (χ0) is 15.0. The van der Waals surface area contributed by atoms with Crippen LogP contribution in [0.25, 0.3) is 0 Å². The highest BCUT2D eigenvalue weighted by Gasteiger charge is 2.36. The lowest BCUT2D eigenvalue weighted by Crippen LogP contribution is -2.41. The number of hydrogen-bond acceptors (Lipinski definition) is 4. The number of hydrogen-bond donors (Lipinski definition) is 1. The van der Waals surface area contributed by atoms with Crippen LogP contribution in [0.4, 0.5) is 13.2 Å². The Morgan fingerprint density at radius 2 is 2.00 bits per heavy atom. The smallest absolute Gasteiger partial charge is 0.303 e.